The molecule has 1 aliphatic rings. The largest absolute Gasteiger partial charge is 0.269 e. The van der Waals surface area contributed by atoms with Crippen LogP contribution in [0.2, 0.25) is 19.1 Å². The number of nitro groups is 1. The molecular weight excluding hydrogens is 242 g/mol. The van der Waals surface area contributed by atoms with Crippen molar-refractivity contribution < 1.29 is 4.92 Å². The quantitative estimate of drug-likeness (QED) is 0.454. The van der Waals surface area contributed by atoms with Crippen LogP contribution >= 0.6 is 0 Å². The fourth-order valence-electron chi connectivity index (χ4n) is 3.16. The van der Waals surface area contributed by atoms with Gasteiger partial charge < -0.3 is 0 Å². The lowest BCUT2D eigenvalue weighted by Crippen LogP contribution is -2.51. The number of hydrogen-bond donors (Lipinski definition) is 0. The molecule has 0 spiro atoms. The van der Waals surface area contributed by atoms with E-state index in [1.165, 1.54) is 30.9 Å². The molecule has 1 unspecified atom stereocenters. The molecule has 0 amide bonds. The van der Waals surface area contributed by atoms with Crippen molar-refractivity contribution in [3.05, 3.63) is 39.9 Å². The van der Waals surface area contributed by atoms with Crippen molar-refractivity contribution in [3.8, 4) is 0 Å². The highest BCUT2D eigenvalue weighted by atomic mass is 28.3. The van der Waals surface area contributed by atoms with Crippen LogP contribution < -0.4 is 0 Å². The van der Waals surface area contributed by atoms with Gasteiger partial charge in [-0.1, -0.05) is 51.0 Å². The molecule has 2 rings (SSSR count). The first-order chi connectivity index (χ1) is 8.37. The zero-order chi connectivity index (χ0) is 13.4. The second-order valence-electron chi connectivity index (χ2n) is 6.23. The molecule has 1 saturated heterocycles. The fraction of sp³-hybridized carbons (Fsp3) is 0.571. The summed E-state index contributed by atoms with van der Waals surface area (Å²) in [5, 5.41) is 11.1. The average molecular weight is 263 g/mol. The van der Waals surface area contributed by atoms with Crippen molar-refractivity contribution >= 4 is 13.8 Å². The molecule has 1 fully saturated rings. The molecule has 0 saturated carbocycles. The molecule has 0 N–H and O–H groups in total. The normalized spacial score (nSPS) is 26.8. The summed E-state index contributed by atoms with van der Waals surface area (Å²) in [7, 11) is -1.37. The summed E-state index contributed by atoms with van der Waals surface area (Å²) in [6.07, 6.45) is 3.74. The van der Waals surface area contributed by atoms with Gasteiger partial charge in [0.15, 0.2) is 0 Å². The Morgan fingerprint density at radius 2 is 2.06 bits per heavy atom. The Labute approximate surface area is 109 Å². The first-order valence-corrected chi connectivity index (χ1v) is 9.82. The van der Waals surface area contributed by atoms with E-state index in [1.807, 2.05) is 6.07 Å². The molecular formula is C14H21NO2Si. The Kier molecular flexibility index (Phi) is 3.32. The Balaban J connectivity index is 2.45. The third-order valence-corrected chi connectivity index (χ3v) is 10.0. The molecule has 1 aliphatic heterocycles. The molecule has 0 aliphatic carbocycles. The van der Waals surface area contributed by atoms with Crippen molar-refractivity contribution in [3.63, 3.8) is 0 Å². The molecule has 4 heteroatoms. The number of hydrogen-bond acceptors (Lipinski definition) is 2. The number of non-ortho nitro benzene ring substituents is 1. The van der Waals surface area contributed by atoms with Gasteiger partial charge in [0.05, 0.1) is 13.0 Å². The molecule has 1 aromatic rings. The lowest BCUT2D eigenvalue weighted by Gasteiger charge is -2.47. The van der Waals surface area contributed by atoms with E-state index < -0.39 is 8.07 Å². The topological polar surface area (TPSA) is 43.1 Å². The maximum Gasteiger partial charge on any atom is 0.269 e. The molecule has 3 nitrogen and oxygen atoms in total. The van der Waals surface area contributed by atoms with Gasteiger partial charge in [0.1, 0.15) is 0 Å². The number of benzene rings is 1. The predicted octanol–water partition coefficient (Wildman–Crippen LogP) is 4.28. The van der Waals surface area contributed by atoms with Gasteiger partial charge in [-0.15, -0.1) is 0 Å². The molecule has 0 radical (unpaired) electrons. The minimum Gasteiger partial charge on any atom is -0.258 e. The van der Waals surface area contributed by atoms with Gasteiger partial charge in [-0.2, -0.15) is 0 Å². The first-order valence-electron chi connectivity index (χ1n) is 6.62. The van der Waals surface area contributed by atoms with Crippen LogP contribution in [0, 0.1) is 10.1 Å². The molecule has 0 bridgehead atoms. The number of nitro benzene ring substituents is 1. The van der Waals surface area contributed by atoms with Gasteiger partial charge in [0.25, 0.3) is 5.69 Å². The SMILES string of the molecule is CC1(c2cccc([N+](=O)[O-])c2)CCCC[Si]1(C)C. The zero-order valence-corrected chi connectivity index (χ0v) is 12.4. The highest BCUT2D eigenvalue weighted by molar-refractivity contribution is 6.80. The van der Waals surface area contributed by atoms with Crippen LogP contribution in [0.5, 0.6) is 0 Å². The zero-order valence-electron chi connectivity index (χ0n) is 11.4. The highest BCUT2D eigenvalue weighted by Crippen LogP contribution is 2.45. The van der Waals surface area contributed by atoms with Gasteiger partial charge in [0, 0.05) is 12.1 Å². The molecule has 1 aromatic carbocycles. The molecule has 0 aromatic heterocycles. The van der Waals surface area contributed by atoms with E-state index in [0.717, 1.165) is 0 Å². The lowest BCUT2D eigenvalue weighted by molar-refractivity contribution is -0.384. The Morgan fingerprint density at radius 1 is 1.33 bits per heavy atom. The van der Waals surface area contributed by atoms with E-state index in [9.17, 15) is 10.1 Å². The summed E-state index contributed by atoms with van der Waals surface area (Å²) in [6, 6.07) is 8.61. The monoisotopic (exact) mass is 263 g/mol. The summed E-state index contributed by atoms with van der Waals surface area (Å²) in [5.74, 6) is 0. The summed E-state index contributed by atoms with van der Waals surface area (Å²) in [4.78, 5) is 10.6. The summed E-state index contributed by atoms with van der Waals surface area (Å²) < 4.78 is 0. The standard InChI is InChI=1S/C14H21NO2Si/c1-14(9-4-5-10-18(14,2)3)12-7-6-8-13(11-12)15(16)17/h6-8,11H,4-5,9-10H2,1-3H3. The summed E-state index contributed by atoms with van der Waals surface area (Å²) in [6.45, 7) is 7.16. The fourth-order valence-corrected chi connectivity index (χ4v) is 6.63. The minimum atomic E-state index is -1.37. The van der Waals surface area contributed by atoms with Gasteiger partial charge in [-0.05, 0) is 17.0 Å². The number of rotatable bonds is 2. The molecule has 1 atom stereocenters. The van der Waals surface area contributed by atoms with E-state index in [2.05, 4.69) is 26.1 Å². The number of nitrogens with zero attached hydrogens (tertiary/aromatic N) is 1. The van der Waals surface area contributed by atoms with Crippen LogP contribution in [0.4, 0.5) is 5.69 Å². The van der Waals surface area contributed by atoms with Gasteiger partial charge in [0.2, 0.25) is 0 Å². The maximum atomic E-state index is 10.9. The van der Waals surface area contributed by atoms with Gasteiger partial charge in [-0.25, -0.2) is 0 Å². The van der Waals surface area contributed by atoms with E-state index in [1.54, 1.807) is 12.1 Å². The lowest BCUT2D eigenvalue weighted by atomic mass is 9.93. The highest BCUT2D eigenvalue weighted by Gasteiger charge is 2.45. The Hall–Kier alpha value is -1.16. The van der Waals surface area contributed by atoms with E-state index in [4.69, 9.17) is 0 Å². The maximum absolute atomic E-state index is 10.9. The van der Waals surface area contributed by atoms with Crippen molar-refractivity contribution in [2.75, 3.05) is 0 Å². The average Bonchev–Trinajstić information content (AvgIpc) is 2.33. The van der Waals surface area contributed by atoms with Crippen molar-refractivity contribution in [1.82, 2.24) is 0 Å². The third kappa shape index (κ3) is 2.09. The molecule has 1 heterocycles. The minimum absolute atomic E-state index is 0.178. The van der Waals surface area contributed by atoms with Crippen LogP contribution in [0.3, 0.4) is 0 Å². The first kappa shape index (κ1) is 13.3. The van der Waals surface area contributed by atoms with Crippen molar-refractivity contribution in [1.29, 1.82) is 0 Å². The van der Waals surface area contributed by atoms with E-state index in [0.29, 0.717) is 0 Å². The van der Waals surface area contributed by atoms with Crippen LogP contribution in [0.1, 0.15) is 31.7 Å². The Morgan fingerprint density at radius 3 is 2.67 bits per heavy atom. The van der Waals surface area contributed by atoms with E-state index >= 15 is 0 Å². The van der Waals surface area contributed by atoms with Crippen LogP contribution in [0.25, 0.3) is 0 Å². The smallest absolute Gasteiger partial charge is 0.258 e. The van der Waals surface area contributed by atoms with Crippen LogP contribution in [-0.4, -0.2) is 13.0 Å². The van der Waals surface area contributed by atoms with Crippen molar-refractivity contribution in [2.45, 2.75) is 50.4 Å². The second-order valence-corrected chi connectivity index (χ2v) is 11.6. The van der Waals surface area contributed by atoms with E-state index in [-0.39, 0.29) is 15.6 Å². The van der Waals surface area contributed by atoms with Gasteiger partial charge >= 0.3 is 0 Å². The third-order valence-electron chi connectivity index (χ3n) is 4.92. The van der Waals surface area contributed by atoms with Gasteiger partial charge in [-0.3, -0.25) is 10.1 Å². The predicted molar refractivity (Wildman–Crippen MR) is 76.6 cm³/mol. The van der Waals surface area contributed by atoms with Crippen molar-refractivity contribution in [2.24, 2.45) is 0 Å². The Bertz CT molecular complexity index is 473. The molecule has 18 heavy (non-hydrogen) atoms. The molecule has 98 valence electrons. The van der Waals surface area contributed by atoms with Crippen LogP contribution in [-0.2, 0) is 5.04 Å². The second kappa shape index (κ2) is 4.50. The summed E-state index contributed by atoms with van der Waals surface area (Å²) >= 11 is 0. The summed E-state index contributed by atoms with van der Waals surface area (Å²) in [5.41, 5.74) is 1.40. The van der Waals surface area contributed by atoms with Crippen LogP contribution in [0.15, 0.2) is 24.3 Å².